The van der Waals surface area contributed by atoms with Crippen LogP contribution in [0.4, 0.5) is 23.0 Å². The molecule has 1 amide bonds. The molecule has 176 valence electrons. The Morgan fingerprint density at radius 2 is 1.71 bits per heavy atom. The molecular formula is C24H20N6O4S. The number of carbonyl (C=O) groups excluding carboxylic acids is 1. The van der Waals surface area contributed by atoms with Gasteiger partial charge in [0.2, 0.25) is 5.91 Å². The predicted molar refractivity (Wildman–Crippen MR) is 132 cm³/mol. The number of ether oxygens (including phenoxy) is 1. The maximum atomic E-state index is 12.6. The van der Waals surface area contributed by atoms with E-state index < -0.39 is 10.0 Å². The van der Waals surface area contributed by atoms with Gasteiger partial charge in [-0.05, 0) is 60.7 Å². The molecular weight excluding hydrogens is 468 g/mol. The quantitative estimate of drug-likeness (QED) is 0.296. The Morgan fingerprint density at radius 1 is 0.886 bits per heavy atom. The Balaban J connectivity index is 1.43. The minimum absolute atomic E-state index is 0.0842. The van der Waals surface area contributed by atoms with E-state index in [0.29, 0.717) is 22.9 Å². The molecule has 0 radical (unpaired) electrons. The van der Waals surface area contributed by atoms with Gasteiger partial charge >= 0.3 is 6.01 Å². The van der Waals surface area contributed by atoms with E-state index in [-0.39, 0.29) is 22.6 Å². The highest BCUT2D eigenvalue weighted by molar-refractivity contribution is 7.92. The fourth-order valence-corrected chi connectivity index (χ4v) is 3.89. The van der Waals surface area contributed by atoms with Crippen molar-refractivity contribution in [3.05, 3.63) is 97.8 Å². The third-order valence-electron chi connectivity index (χ3n) is 4.47. The van der Waals surface area contributed by atoms with Crippen molar-refractivity contribution in [2.24, 2.45) is 0 Å². The number of amides is 1. The van der Waals surface area contributed by atoms with Gasteiger partial charge in [-0.2, -0.15) is 4.98 Å². The van der Waals surface area contributed by atoms with Crippen LogP contribution in [0.5, 0.6) is 11.8 Å². The first kappa shape index (κ1) is 23.4. The van der Waals surface area contributed by atoms with E-state index >= 15 is 0 Å². The maximum absolute atomic E-state index is 12.6. The van der Waals surface area contributed by atoms with Crippen LogP contribution in [0.2, 0.25) is 0 Å². The highest BCUT2D eigenvalue weighted by Gasteiger charge is 2.14. The fraction of sp³-hybridized carbons (Fsp3) is 0. The number of anilines is 4. The Kier molecular flexibility index (Phi) is 6.98. The zero-order valence-corrected chi connectivity index (χ0v) is 19.1. The second kappa shape index (κ2) is 10.4. The Hall–Kier alpha value is -4.77. The van der Waals surface area contributed by atoms with Crippen LogP contribution in [-0.2, 0) is 14.8 Å². The third-order valence-corrected chi connectivity index (χ3v) is 5.84. The van der Waals surface area contributed by atoms with Crippen molar-refractivity contribution in [3.63, 3.8) is 0 Å². The van der Waals surface area contributed by atoms with Gasteiger partial charge in [-0.3, -0.25) is 9.52 Å². The van der Waals surface area contributed by atoms with Gasteiger partial charge in [0.15, 0.2) is 0 Å². The van der Waals surface area contributed by atoms with Crippen LogP contribution in [0.3, 0.4) is 0 Å². The molecule has 0 spiro atoms. The third kappa shape index (κ3) is 6.39. The normalized spacial score (nSPS) is 10.7. The number of hydrogen-bond donors (Lipinski definition) is 3. The molecule has 0 aliphatic carbocycles. The summed E-state index contributed by atoms with van der Waals surface area (Å²) in [5, 5.41) is 5.73. The molecule has 0 saturated carbocycles. The van der Waals surface area contributed by atoms with E-state index in [2.05, 4.69) is 36.9 Å². The monoisotopic (exact) mass is 488 g/mol. The molecule has 0 unspecified atom stereocenters. The zero-order valence-electron chi connectivity index (χ0n) is 18.3. The second-order valence-corrected chi connectivity index (χ2v) is 8.70. The van der Waals surface area contributed by atoms with Crippen LogP contribution in [0, 0.1) is 0 Å². The molecule has 2 aromatic carbocycles. The van der Waals surface area contributed by atoms with Gasteiger partial charge in [0.25, 0.3) is 10.0 Å². The van der Waals surface area contributed by atoms with Crippen LogP contribution in [0.25, 0.3) is 0 Å². The van der Waals surface area contributed by atoms with Crippen molar-refractivity contribution < 1.29 is 17.9 Å². The Bertz CT molecular complexity index is 1440. The van der Waals surface area contributed by atoms with Gasteiger partial charge in [0.05, 0.1) is 4.90 Å². The largest absolute Gasteiger partial charge is 0.424 e. The molecule has 2 heterocycles. The van der Waals surface area contributed by atoms with E-state index in [4.69, 9.17) is 4.74 Å². The highest BCUT2D eigenvalue weighted by Crippen LogP contribution is 2.24. The van der Waals surface area contributed by atoms with E-state index in [0.717, 1.165) is 0 Å². The summed E-state index contributed by atoms with van der Waals surface area (Å²) in [4.78, 5) is 24.0. The SMILES string of the molecule is C=CC(=O)Nc1cccc(Oc2nccc(Nc3ccc(S(=O)(=O)Nc4ccccn4)cc3)n2)c1. The molecule has 0 atom stereocenters. The van der Waals surface area contributed by atoms with Crippen LogP contribution in [-0.4, -0.2) is 29.3 Å². The minimum Gasteiger partial charge on any atom is -0.424 e. The summed E-state index contributed by atoms with van der Waals surface area (Å²) >= 11 is 0. The first-order chi connectivity index (χ1) is 16.9. The molecule has 0 aliphatic heterocycles. The number of nitrogens with one attached hydrogen (secondary N) is 3. The predicted octanol–water partition coefficient (Wildman–Crippen LogP) is 4.33. The number of sulfonamides is 1. The van der Waals surface area contributed by atoms with E-state index in [1.807, 2.05) is 0 Å². The molecule has 35 heavy (non-hydrogen) atoms. The van der Waals surface area contributed by atoms with Gasteiger partial charge in [0.1, 0.15) is 17.4 Å². The zero-order chi connectivity index (χ0) is 24.7. The van der Waals surface area contributed by atoms with Crippen molar-refractivity contribution in [1.29, 1.82) is 0 Å². The minimum atomic E-state index is -3.77. The fourth-order valence-electron chi connectivity index (χ4n) is 2.88. The molecule has 3 N–H and O–H groups in total. The standard InChI is InChI=1S/C24H20N6O4S/c1-2-23(31)28-18-6-5-7-19(16-18)34-24-26-15-13-22(29-24)27-17-9-11-20(12-10-17)35(32,33)30-21-8-3-4-14-25-21/h2-16H,1H2,(H,25,30)(H,28,31)(H,26,27,29). The summed E-state index contributed by atoms with van der Waals surface area (Å²) in [7, 11) is -3.77. The number of hydrogen-bond acceptors (Lipinski definition) is 8. The summed E-state index contributed by atoms with van der Waals surface area (Å²) in [6, 6.07) is 19.6. The topological polar surface area (TPSA) is 135 Å². The number of pyridine rings is 1. The second-order valence-electron chi connectivity index (χ2n) is 7.02. The van der Waals surface area contributed by atoms with Crippen LogP contribution < -0.4 is 20.1 Å². The number of benzene rings is 2. The van der Waals surface area contributed by atoms with Crippen molar-refractivity contribution in [3.8, 4) is 11.8 Å². The van der Waals surface area contributed by atoms with Crippen molar-refractivity contribution >= 4 is 38.9 Å². The van der Waals surface area contributed by atoms with E-state index in [1.165, 1.54) is 30.6 Å². The van der Waals surface area contributed by atoms with Crippen LogP contribution in [0.1, 0.15) is 0 Å². The van der Waals surface area contributed by atoms with Gasteiger partial charge in [-0.25, -0.2) is 18.4 Å². The summed E-state index contributed by atoms with van der Waals surface area (Å²) in [6.07, 6.45) is 4.19. The average Bonchev–Trinajstić information content (AvgIpc) is 2.85. The lowest BCUT2D eigenvalue weighted by atomic mass is 10.3. The first-order valence-electron chi connectivity index (χ1n) is 10.3. The van der Waals surface area contributed by atoms with Gasteiger partial charge in [0, 0.05) is 29.8 Å². The molecule has 10 nitrogen and oxygen atoms in total. The summed E-state index contributed by atoms with van der Waals surface area (Å²) in [5.41, 5.74) is 1.15. The smallest absolute Gasteiger partial charge is 0.323 e. The molecule has 4 rings (SSSR count). The van der Waals surface area contributed by atoms with Crippen molar-refractivity contribution in [2.75, 3.05) is 15.4 Å². The van der Waals surface area contributed by atoms with Gasteiger partial charge in [-0.15, -0.1) is 0 Å². The van der Waals surface area contributed by atoms with E-state index in [9.17, 15) is 13.2 Å². The van der Waals surface area contributed by atoms with Gasteiger partial charge < -0.3 is 15.4 Å². The maximum Gasteiger partial charge on any atom is 0.323 e. The van der Waals surface area contributed by atoms with Crippen LogP contribution in [0.15, 0.2) is 103 Å². The highest BCUT2D eigenvalue weighted by atomic mass is 32.2. The number of nitrogens with zero attached hydrogens (tertiary/aromatic N) is 3. The van der Waals surface area contributed by atoms with Crippen molar-refractivity contribution in [2.45, 2.75) is 4.90 Å². The average molecular weight is 489 g/mol. The lowest BCUT2D eigenvalue weighted by Gasteiger charge is -2.10. The van der Waals surface area contributed by atoms with E-state index in [1.54, 1.807) is 60.7 Å². The van der Waals surface area contributed by atoms with Crippen molar-refractivity contribution in [1.82, 2.24) is 15.0 Å². The molecule has 0 saturated heterocycles. The number of carbonyl (C=O) groups is 1. The Morgan fingerprint density at radius 3 is 2.46 bits per heavy atom. The molecule has 11 heteroatoms. The van der Waals surface area contributed by atoms with Gasteiger partial charge in [-0.1, -0.05) is 18.7 Å². The number of aromatic nitrogens is 3. The molecule has 2 aromatic heterocycles. The Labute approximate surface area is 201 Å². The van der Waals surface area contributed by atoms with Crippen LogP contribution >= 0.6 is 0 Å². The lowest BCUT2D eigenvalue weighted by Crippen LogP contribution is -2.13. The number of rotatable bonds is 9. The summed E-state index contributed by atoms with van der Waals surface area (Å²) < 4.78 is 33.2. The molecule has 4 aromatic rings. The summed E-state index contributed by atoms with van der Waals surface area (Å²) in [5.74, 6) is 0.764. The summed E-state index contributed by atoms with van der Waals surface area (Å²) in [6.45, 7) is 3.42. The molecule has 0 fully saturated rings. The lowest BCUT2D eigenvalue weighted by molar-refractivity contribution is -0.111. The first-order valence-corrected chi connectivity index (χ1v) is 11.7. The molecule has 0 bridgehead atoms. The molecule has 0 aliphatic rings.